The van der Waals surface area contributed by atoms with Crippen molar-refractivity contribution in [2.24, 2.45) is 5.41 Å². The van der Waals surface area contributed by atoms with Gasteiger partial charge in [-0.15, -0.1) is 0 Å². The zero-order valence-electron chi connectivity index (χ0n) is 22.7. The van der Waals surface area contributed by atoms with Crippen LogP contribution in [0.3, 0.4) is 0 Å². The Bertz CT molecular complexity index is 1180. The molecule has 0 aliphatic rings. The van der Waals surface area contributed by atoms with Gasteiger partial charge in [0.1, 0.15) is 12.4 Å². The summed E-state index contributed by atoms with van der Waals surface area (Å²) < 4.78 is 5.91. The van der Waals surface area contributed by atoms with Crippen LogP contribution < -0.4 is 10.1 Å². The van der Waals surface area contributed by atoms with Crippen LogP contribution in [0, 0.1) is 5.41 Å². The molecule has 1 amide bonds. The third kappa shape index (κ3) is 7.96. The molecule has 0 fully saturated rings. The van der Waals surface area contributed by atoms with Gasteiger partial charge in [0.2, 0.25) is 0 Å². The SMILES string of the molecule is CCN(CC)CCOc1ccc(C=Cc2ccccc2-c2ccccc2C(NC(=O)O)C(C)(C)C)cc1. The zero-order valence-corrected chi connectivity index (χ0v) is 22.7. The van der Waals surface area contributed by atoms with Gasteiger partial charge in [0, 0.05) is 6.54 Å². The van der Waals surface area contributed by atoms with Gasteiger partial charge in [-0.25, -0.2) is 4.79 Å². The number of likely N-dealkylation sites (N-methyl/N-ethyl adjacent to an activating group) is 1. The lowest BCUT2D eigenvalue weighted by molar-refractivity contribution is 0.175. The second kappa shape index (κ2) is 13.1. The van der Waals surface area contributed by atoms with E-state index in [9.17, 15) is 9.90 Å². The van der Waals surface area contributed by atoms with E-state index in [1.54, 1.807) is 0 Å². The summed E-state index contributed by atoms with van der Waals surface area (Å²) in [6.45, 7) is 14.1. The van der Waals surface area contributed by atoms with Crippen molar-refractivity contribution in [1.29, 1.82) is 0 Å². The molecule has 0 radical (unpaired) electrons. The van der Waals surface area contributed by atoms with E-state index in [0.29, 0.717) is 6.61 Å². The van der Waals surface area contributed by atoms with E-state index >= 15 is 0 Å². The molecule has 0 saturated carbocycles. The van der Waals surface area contributed by atoms with Crippen molar-refractivity contribution in [2.75, 3.05) is 26.2 Å². The molecule has 3 rings (SSSR count). The zero-order chi connectivity index (χ0) is 26.8. The molecular formula is C32H40N2O3. The Morgan fingerprint density at radius 1 is 0.919 bits per heavy atom. The van der Waals surface area contributed by atoms with E-state index in [2.05, 4.69) is 66.5 Å². The number of carboxylic acid groups (broad SMARTS) is 1. The third-order valence-corrected chi connectivity index (χ3v) is 6.56. The van der Waals surface area contributed by atoms with Crippen molar-refractivity contribution in [3.05, 3.63) is 89.5 Å². The Kier molecular flexibility index (Phi) is 9.93. The normalized spacial score (nSPS) is 12.6. The van der Waals surface area contributed by atoms with Crippen LogP contribution in [0.1, 0.15) is 57.4 Å². The standard InChI is InChI=1S/C32H40N2O3/c1-6-34(7-2)22-23-37-26-20-17-24(18-21-26)16-19-25-12-8-9-13-27(25)28-14-10-11-15-29(28)30(32(3,4)5)33-31(35)36/h8-21,30,33H,6-7,22-23H2,1-5H3,(H,35,36). The molecule has 3 aromatic carbocycles. The highest BCUT2D eigenvalue weighted by atomic mass is 16.5. The maximum Gasteiger partial charge on any atom is 0.405 e. The first-order valence-corrected chi connectivity index (χ1v) is 13.0. The summed E-state index contributed by atoms with van der Waals surface area (Å²) in [6.07, 6.45) is 3.18. The highest BCUT2D eigenvalue weighted by Gasteiger charge is 2.30. The van der Waals surface area contributed by atoms with E-state index < -0.39 is 6.09 Å². The highest BCUT2D eigenvalue weighted by molar-refractivity contribution is 5.82. The van der Waals surface area contributed by atoms with E-state index in [1.165, 1.54) is 0 Å². The average Bonchev–Trinajstić information content (AvgIpc) is 2.89. The van der Waals surface area contributed by atoms with Gasteiger partial charge in [0.05, 0.1) is 6.04 Å². The summed E-state index contributed by atoms with van der Waals surface area (Å²) in [5.74, 6) is 0.873. The molecule has 1 unspecified atom stereocenters. The van der Waals surface area contributed by atoms with Crippen LogP contribution in [0.25, 0.3) is 23.3 Å². The number of hydrogen-bond acceptors (Lipinski definition) is 3. The van der Waals surface area contributed by atoms with Gasteiger partial charge in [-0.1, -0.05) is 107 Å². The monoisotopic (exact) mass is 500 g/mol. The molecule has 196 valence electrons. The van der Waals surface area contributed by atoms with Crippen molar-refractivity contribution in [3.8, 4) is 16.9 Å². The van der Waals surface area contributed by atoms with Crippen LogP contribution in [-0.4, -0.2) is 42.3 Å². The Hall–Kier alpha value is -3.57. The van der Waals surface area contributed by atoms with E-state index in [4.69, 9.17) is 4.74 Å². The molecule has 0 saturated heterocycles. The van der Waals surface area contributed by atoms with Gasteiger partial charge >= 0.3 is 6.09 Å². The first kappa shape index (κ1) is 28.0. The summed E-state index contributed by atoms with van der Waals surface area (Å²) >= 11 is 0. The fourth-order valence-corrected chi connectivity index (χ4v) is 4.46. The molecule has 0 spiro atoms. The van der Waals surface area contributed by atoms with Gasteiger partial charge in [-0.2, -0.15) is 0 Å². The minimum Gasteiger partial charge on any atom is -0.492 e. The Balaban J connectivity index is 1.83. The molecule has 0 bridgehead atoms. The number of nitrogens with one attached hydrogen (secondary N) is 1. The first-order valence-electron chi connectivity index (χ1n) is 13.0. The molecule has 0 aliphatic heterocycles. The summed E-state index contributed by atoms with van der Waals surface area (Å²) in [6, 6.07) is 24.0. The second-order valence-electron chi connectivity index (χ2n) is 10.2. The van der Waals surface area contributed by atoms with Crippen LogP contribution in [0.5, 0.6) is 5.75 Å². The smallest absolute Gasteiger partial charge is 0.405 e. The van der Waals surface area contributed by atoms with Crippen LogP contribution in [0.2, 0.25) is 0 Å². The second-order valence-corrected chi connectivity index (χ2v) is 10.2. The molecule has 0 aromatic heterocycles. The van der Waals surface area contributed by atoms with Gasteiger partial charge in [0.15, 0.2) is 0 Å². The molecule has 1 atom stereocenters. The summed E-state index contributed by atoms with van der Waals surface area (Å²) in [7, 11) is 0. The number of amides is 1. The quantitative estimate of drug-likeness (QED) is 0.266. The minimum absolute atomic E-state index is 0.297. The molecule has 5 heteroatoms. The molecular weight excluding hydrogens is 460 g/mol. The fraction of sp³-hybridized carbons (Fsp3) is 0.344. The predicted molar refractivity (Wildman–Crippen MR) is 154 cm³/mol. The van der Waals surface area contributed by atoms with Crippen LogP contribution in [0.15, 0.2) is 72.8 Å². The van der Waals surface area contributed by atoms with Gasteiger partial charge in [-0.3, -0.25) is 0 Å². The number of rotatable bonds is 11. The number of ether oxygens (including phenoxy) is 1. The average molecular weight is 501 g/mol. The van der Waals surface area contributed by atoms with Gasteiger partial charge < -0.3 is 20.1 Å². The van der Waals surface area contributed by atoms with Crippen molar-refractivity contribution in [3.63, 3.8) is 0 Å². The maximum atomic E-state index is 11.6. The number of carbonyl (C=O) groups is 1. The van der Waals surface area contributed by atoms with Gasteiger partial charge in [-0.05, 0) is 58.5 Å². The van der Waals surface area contributed by atoms with Gasteiger partial charge in [0.25, 0.3) is 0 Å². The molecule has 5 nitrogen and oxygen atoms in total. The summed E-state index contributed by atoms with van der Waals surface area (Å²) in [5.41, 5.74) is 4.90. The van der Waals surface area contributed by atoms with E-state index in [1.807, 2.05) is 63.2 Å². The Morgan fingerprint density at radius 2 is 1.54 bits per heavy atom. The highest BCUT2D eigenvalue weighted by Crippen LogP contribution is 2.39. The third-order valence-electron chi connectivity index (χ3n) is 6.56. The van der Waals surface area contributed by atoms with E-state index in [0.717, 1.165) is 53.2 Å². The predicted octanol–water partition coefficient (Wildman–Crippen LogP) is 7.60. The fourth-order valence-electron chi connectivity index (χ4n) is 4.46. The van der Waals surface area contributed by atoms with Crippen molar-refractivity contribution >= 4 is 18.2 Å². The lowest BCUT2D eigenvalue weighted by Gasteiger charge is -2.32. The van der Waals surface area contributed by atoms with Crippen molar-refractivity contribution in [1.82, 2.24) is 10.2 Å². The molecule has 2 N–H and O–H groups in total. The number of hydrogen-bond donors (Lipinski definition) is 2. The molecule has 37 heavy (non-hydrogen) atoms. The van der Waals surface area contributed by atoms with E-state index in [-0.39, 0.29) is 11.5 Å². The lowest BCUT2D eigenvalue weighted by Crippen LogP contribution is -2.36. The van der Waals surface area contributed by atoms with Crippen molar-refractivity contribution in [2.45, 2.75) is 40.7 Å². The maximum absolute atomic E-state index is 11.6. The molecule has 3 aromatic rings. The lowest BCUT2D eigenvalue weighted by atomic mass is 9.79. The minimum atomic E-state index is -1.02. The summed E-state index contributed by atoms with van der Waals surface area (Å²) in [4.78, 5) is 14.0. The topological polar surface area (TPSA) is 61.8 Å². The Labute approximate surface area is 221 Å². The van der Waals surface area contributed by atoms with Crippen molar-refractivity contribution < 1.29 is 14.6 Å². The molecule has 0 aliphatic carbocycles. The first-order chi connectivity index (χ1) is 17.7. The van der Waals surface area contributed by atoms with Crippen LogP contribution in [-0.2, 0) is 0 Å². The largest absolute Gasteiger partial charge is 0.492 e. The number of benzene rings is 3. The number of nitrogens with zero attached hydrogens (tertiary/aromatic N) is 1. The van der Waals surface area contributed by atoms with Crippen LogP contribution >= 0.6 is 0 Å². The Morgan fingerprint density at radius 3 is 2.16 bits per heavy atom. The van der Waals surface area contributed by atoms with Crippen LogP contribution in [0.4, 0.5) is 4.79 Å². The summed E-state index contributed by atoms with van der Waals surface area (Å²) in [5, 5.41) is 12.3. The molecule has 0 heterocycles.